The summed E-state index contributed by atoms with van der Waals surface area (Å²) in [5.41, 5.74) is 3.90. The molecule has 2 nitrogen and oxygen atoms in total. The Morgan fingerprint density at radius 2 is 1.94 bits per heavy atom. The molecule has 1 unspecified atom stereocenters. The first-order valence-electron chi connectivity index (χ1n) is 5.95. The molecule has 0 bridgehead atoms. The number of benzene rings is 1. The van der Waals surface area contributed by atoms with Crippen LogP contribution in [-0.4, -0.2) is 17.8 Å². The van der Waals surface area contributed by atoms with Gasteiger partial charge in [-0.2, -0.15) is 0 Å². The second-order valence-corrected chi connectivity index (χ2v) is 4.87. The predicted molar refractivity (Wildman–Crippen MR) is 68.5 cm³/mol. The van der Waals surface area contributed by atoms with Gasteiger partial charge in [0.2, 0.25) is 0 Å². The van der Waals surface area contributed by atoms with Gasteiger partial charge < -0.3 is 10.4 Å². The van der Waals surface area contributed by atoms with Crippen LogP contribution in [0.2, 0.25) is 0 Å². The Labute approximate surface area is 98.7 Å². The quantitative estimate of drug-likeness (QED) is 0.800. The van der Waals surface area contributed by atoms with Crippen molar-refractivity contribution in [1.29, 1.82) is 0 Å². The third-order valence-corrected chi connectivity index (χ3v) is 2.94. The normalized spacial score (nSPS) is 13.1. The van der Waals surface area contributed by atoms with E-state index < -0.39 is 0 Å². The molecule has 0 aromatic heterocycles. The van der Waals surface area contributed by atoms with Crippen molar-refractivity contribution < 1.29 is 5.11 Å². The molecule has 1 aromatic carbocycles. The lowest BCUT2D eigenvalue weighted by molar-refractivity contribution is 0.123. The van der Waals surface area contributed by atoms with Crippen LogP contribution in [0.1, 0.15) is 30.5 Å². The smallest absolute Gasteiger partial charge is 0.0687 e. The van der Waals surface area contributed by atoms with Gasteiger partial charge in [0, 0.05) is 13.1 Å². The molecule has 90 valence electrons. The van der Waals surface area contributed by atoms with E-state index in [1.54, 1.807) is 0 Å². The van der Waals surface area contributed by atoms with Crippen LogP contribution in [0.15, 0.2) is 18.2 Å². The van der Waals surface area contributed by atoms with Crippen LogP contribution in [0, 0.1) is 19.8 Å². The lowest BCUT2D eigenvalue weighted by atomic mass is 10.0. The molecule has 0 saturated carbocycles. The molecule has 0 aliphatic heterocycles. The first kappa shape index (κ1) is 13.2. The summed E-state index contributed by atoms with van der Waals surface area (Å²) in [6.45, 7) is 9.78. The van der Waals surface area contributed by atoms with Gasteiger partial charge in [-0.15, -0.1) is 0 Å². The van der Waals surface area contributed by atoms with E-state index in [-0.39, 0.29) is 6.10 Å². The summed E-state index contributed by atoms with van der Waals surface area (Å²) in [5, 5.41) is 13.0. The van der Waals surface area contributed by atoms with Crippen molar-refractivity contribution in [3.8, 4) is 0 Å². The van der Waals surface area contributed by atoms with Crippen molar-refractivity contribution >= 4 is 0 Å². The summed E-state index contributed by atoms with van der Waals surface area (Å²) in [5.74, 6) is 0.311. The van der Waals surface area contributed by atoms with Crippen molar-refractivity contribution in [3.63, 3.8) is 0 Å². The summed E-state index contributed by atoms with van der Waals surface area (Å²) in [6, 6.07) is 6.47. The van der Waals surface area contributed by atoms with E-state index in [1.807, 2.05) is 13.8 Å². The largest absolute Gasteiger partial charge is 0.392 e. The molecule has 0 heterocycles. The molecule has 1 rings (SSSR count). The van der Waals surface area contributed by atoms with Crippen LogP contribution in [0.5, 0.6) is 0 Å². The zero-order valence-corrected chi connectivity index (χ0v) is 10.7. The highest BCUT2D eigenvalue weighted by molar-refractivity contribution is 5.30. The van der Waals surface area contributed by atoms with E-state index >= 15 is 0 Å². The van der Waals surface area contributed by atoms with Crippen LogP contribution in [0.3, 0.4) is 0 Å². The van der Waals surface area contributed by atoms with Crippen molar-refractivity contribution in [2.24, 2.45) is 5.92 Å². The Morgan fingerprint density at radius 1 is 1.25 bits per heavy atom. The number of rotatable bonds is 5. The van der Waals surface area contributed by atoms with Gasteiger partial charge in [-0.1, -0.05) is 37.6 Å². The van der Waals surface area contributed by atoms with Crippen LogP contribution < -0.4 is 5.32 Å². The highest BCUT2D eigenvalue weighted by Gasteiger charge is 2.08. The molecule has 2 N–H and O–H groups in total. The lowest BCUT2D eigenvalue weighted by Gasteiger charge is -2.16. The highest BCUT2D eigenvalue weighted by Crippen LogP contribution is 2.10. The summed E-state index contributed by atoms with van der Waals surface area (Å²) in [4.78, 5) is 0. The van der Waals surface area contributed by atoms with E-state index in [0.717, 1.165) is 6.54 Å². The summed E-state index contributed by atoms with van der Waals surface area (Å²) < 4.78 is 0. The van der Waals surface area contributed by atoms with E-state index in [0.29, 0.717) is 12.5 Å². The fraction of sp³-hybridized carbons (Fsp3) is 0.571. The Balaban J connectivity index is 2.45. The van der Waals surface area contributed by atoms with Gasteiger partial charge in [-0.3, -0.25) is 0 Å². The summed E-state index contributed by atoms with van der Waals surface area (Å²) >= 11 is 0. The Kier molecular flexibility index (Phi) is 4.97. The minimum absolute atomic E-state index is 0.259. The van der Waals surface area contributed by atoms with Gasteiger partial charge >= 0.3 is 0 Å². The third kappa shape index (κ3) is 3.95. The van der Waals surface area contributed by atoms with Gasteiger partial charge in [0.25, 0.3) is 0 Å². The van der Waals surface area contributed by atoms with Gasteiger partial charge in [-0.25, -0.2) is 0 Å². The molecule has 0 saturated heterocycles. The first-order valence-corrected chi connectivity index (χ1v) is 5.95. The Hall–Kier alpha value is -0.860. The number of nitrogens with one attached hydrogen (secondary N) is 1. The summed E-state index contributed by atoms with van der Waals surface area (Å²) in [6.07, 6.45) is -0.259. The van der Waals surface area contributed by atoms with E-state index in [9.17, 15) is 5.11 Å². The standard InChI is InChI=1S/C14H23NO/c1-10(2)14(16)9-15-8-13-7-11(3)5-6-12(13)4/h5-7,10,14-16H,8-9H2,1-4H3. The zero-order valence-electron chi connectivity index (χ0n) is 10.7. The number of hydrogen-bond donors (Lipinski definition) is 2. The Morgan fingerprint density at radius 3 is 2.56 bits per heavy atom. The van der Waals surface area contributed by atoms with E-state index in [2.05, 4.69) is 37.4 Å². The third-order valence-electron chi connectivity index (χ3n) is 2.94. The molecule has 0 spiro atoms. The molecule has 16 heavy (non-hydrogen) atoms. The highest BCUT2D eigenvalue weighted by atomic mass is 16.3. The minimum atomic E-state index is -0.259. The van der Waals surface area contributed by atoms with Gasteiger partial charge in [0.15, 0.2) is 0 Å². The maximum Gasteiger partial charge on any atom is 0.0687 e. The SMILES string of the molecule is Cc1ccc(C)c(CNCC(O)C(C)C)c1. The maximum atomic E-state index is 9.67. The van der Waals surface area contributed by atoms with Crippen LogP contribution in [-0.2, 0) is 6.54 Å². The average Bonchev–Trinajstić information content (AvgIpc) is 2.22. The van der Waals surface area contributed by atoms with Crippen molar-refractivity contribution in [3.05, 3.63) is 34.9 Å². The van der Waals surface area contributed by atoms with Crippen LogP contribution in [0.4, 0.5) is 0 Å². The van der Waals surface area contributed by atoms with Gasteiger partial charge in [0.05, 0.1) is 6.10 Å². The number of aryl methyl sites for hydroxylation is 2. The summed E-state index contributed by atoms with van der Waals surface area (Å²) in [7, 11) is 0. The van der Waals surface area contributed by atoms with Crippen molar-refractivity contribution in [2.45, 2.75) is 40.3 Å². The van der Waals surface area contributed by atoms with Crippen LogP contribution >= 0.6 is 0 Å². The molecule has 1 atom stereocenters. The second kappa shape index (κ2) is 6.02. The van der Waals surface area contributed by atoms with Crippen molar-refractivity contribution in [2.75, 3.05) is 6.54 Å². The molecule has 0 fully saturated rings. The Bertz CT molecular complexity index is 334. The minimum Gasteiger partial charge on any atom is -0.392 e. The fourth-order valence-corrected chi connectivity index (χ4v) is 1.58. The monoisotopic (exact) mass is 221 g/mol. The molecule has 0 aliphatic carbocycles. The maximum absolute atomic E-state index is 9.67. The first-order chi connectivity index (χ1) is 7.50. The van der Waals surface area contributed by atoms with Crippen LogP contribution in [0.25, 0.3) is 0 Å². The topological polar surface area (TPSA) is 32.3 Å². The number of hydrogen-bond acceptors (Lipinski definition) is 2. The van der Waals surface area contributed by atoms with E-state index in [4.69, 9.17) is 0 Å². The second-order valence-electron chi connectivity index (χ2n) is 4.87. The number of aliphatic hydroxyl groups excluding tert-OH is 1. The fourth-order valence-electron chi connectivity index (χ4n) is 1.58. The molecule has 0 aliphatic rings. The molecule has 1 aromatic rings. The average molecular weight is 221 g/mol. The molecule has 2 heteroatoms. The lowest BCUT2D eigenvalue weighted by Crippen LogP contribution is -2.30. The van der Waals surface area contributed by atoms with Gasteiger partial charge in [0.1, 0.15) is 0 Å². The zero-order chi connectivity index (χ0) is 12.1. The predicted octanol–water partition coefficient (Wildman–Crippen LogP) is 2.41. The number of aliphatic hydroxyl groups is 1. The van der Waals surface area contributed by atoms with E-state index in [1.165, 1.54) is 16.7 Å². The molecule has 0 radical (unpaired) electrons. The molecular weight excluding hydrogens is 198 g/mol. The van der Waals surface area contributed by atoms with Crippen molar-refractivity contribution in [1.82, 2.24) is 5.32 Å². The molecule has 0 amide bonds. The van der Waals surface area contributed by atoms with Gasteiger partial charge in [-0.05, 0) is 30.9 Å². The molecular formula is C14H23NO.